The molecule has 2 N–H and O–H groups in total. The van der Waals surface area contributed by atoms with Gasteiger partial charge >= 0.3 is 0 Å². The molecule has 25 heavy (non-hydrogen) atoms. The molecular weight excluding hydrogens is 356 g/mol. The van der Waals surface area contributed by atoms with Crippen LogP contribution in [-0.4, -0.2) is 16.1 Å². The molecule has 3 rings (SSSR count). The second-order valence-electron chi connectivity index (χ2n) is 5.70. The van der Waals surface area contributed by atoms with E-state index in [-0.39, 0.29) is 12.3 Å². The molecule has 0 spiro atoms. The topological polar surface area (TPSA) is 66.9 Å². The number of carbonyl (C=O) groups is 1. The average Bonchev–Trinajstić information content (AvgIpc) is 2.97. The van der Waals surface area contributed by atoms with E-state index in [1.165, 1.54) is 11.3 Å². The normalized spacial score (nSPS) is 10.5. The third kappa shape index (κ3) is 4.78. The number of aryl methyl sites for hydroxylation is 2. The number of nitrogens with zero attached hydrogens (tertiary/aromatic N) is 2. The maximum Gasteiger partial charge on any atom is 0.231 e. The van der Waals surface area contributed by atoms with E-state index < -0.39 is 0 Å². The van der Waals surface area contributed by atoms with Gasteiger partial charge in [0, 0.05) is 5.69 Å². The summed E-state index contributed by atoms with van der Waals surface area (Å²) in [7, 11) is 0. The van der Waals surface area contributed by atoms with Crippen molar-refractivity contribution in [3.05, 3.63) is 63.6 Å². The molecule has 0 saturated heterocycles. The predicted octanol–water partition coefficient (Wildman–Crippen LogP) is 4.73. The van der Waals surface area contributed by atoms with Crippen LogP contribution in [0.15, 0.2) is 42.5 Å². The Morgan fingerprint density at radius 1 is 1.12 bits per heavy atom. The van der Waals surface area contributed by atoms with Crippen LogP contribution in [0.4, 0.5) is 16.5 Å². The first-order chi connectivity index (χ1) is 12.0. The van der Waals surface area contributed by atoms with Crippen LogP contribution in [0.5, 0.6) is 0 Å². The highest BCUT2D eigenvalue weighted by Crippen LogP contribution is 2.24. The first kappa shape index (κ1) is 17.4. The third-order valence-electron chi connectivity index (χ3n) is 3.45. The van der Waals surface area contributed by atoms with E-state index in [0.29, 0.717) is 20.8 Å². The minimum atomic E-state index is -0.177. The van der Waals surface area contributed by atoms with Gasteiger partial charge in [-0.15, -0.1) is 10.2 Å². The molecule has 5 nitrogen and oxygen atoms in total. The van der Waals surface area contributed by atoms with Crippen molar-refractivity contribution in [3.8, 4) is 0 Å². The molecule has 0 unspecified atom stereocenters. The van der Waals surface area contributed by atoms with Crippen LogP contribution in [0.2, 0.25) is 5.02 Å². The van der Waals surface area contributed by atoms with Gasteiger partial charge in [-0.25, -0.2) is 0 Å². The molecule has 0 bridgehead atoms. The van der Waals surface area contributed by atoms with Crippen molar-refractivity contribution in [2.75, 3.05) is 10.6 Å². The van der Waals surface area contributed by atoms with Gasteiger partial charge in [0.05, 0.1) is 17.1 Å². The Bertz CT molecular complexity index is 910. The van der Waals surface area contributed by atoms with Crippen LogP contribution >= 0.6 is 22.9 Å². The van der Waals surface area contributed by atoms with E-state index in [0.717, 1.165) is 16.8 Å². The van der Waals surface area contributed by atoms with E-state index in [1.807, 2.05) is 50.2 Å². The van der Waals surface area contributed by atoms with Crippen molar-refractivity contribution in [1.82, 2.24) is 10.2 Å². The number of halogens is 1. The molecule has 0 atom stereocenters. The van der Waals surface area contributed by atoms with Gasteiger partial charge < -0.3 is 10.6 Å². The van der Waals surface area contributed by atoms with Crippen LogP contribution in [0, 0.1) is 13.8 Å². The van der Waals surface area contributed by atoms with E-state index in [1.54, 1.807) is 6.07 Å². The number of benzene rings is 2. The maximum absolute atomic E-state index is 12.2. The Morgan fingerprint density at radius 2 is 1.92 bits per heavy atom. The molecular formula is C18H17ClN4OS. The molecule has 0 aliphatic rings. The molecule has 2 aromatic carbocycles. The zero-order valence-corrected chi connectivity index (χ0v) is 15.4. The van der Waals surface area contributed by atoms with E-state index in [2.05, 4.69) is 20.8 Å². The van der Waals surface area contributed by atoms with Crippen LogP contribution < -0.4 is 10.6 Å². The highest BCUT2D eigenvalue weighted by atomic mass is 35.5. The SMILES string of the molecule is Cc1cccc(Nc2nnc(CC(=O)Nc3ccc(C)cc3Cl)s2)c1. The lowest BCUT2D eigenvalue weighted by atomic mass is 10.2. The molecule has 0 saturated carbocycles. The smallest absolute Gasteiger partial charge is 0.231 e. The number of amides is 1. The Hall–Kier alpha value is -2.44. The van der Waals surface area contributed by atoms with Crippen LogP contribution in [-0.2, 0) is 11.2 Å². The largest absolute Gasteiger partial charge is 0.330 e. The summed E-state index contributed by atoms with van der Waals surface area (Å²) >= 11 is 7.49. The van der Waals surface area contributed by atoms with E-state index in [9.17, 15) is 4.79 Å². The Morgan fingerprint density at radius 3 is 2.68 bits per heavy atom. The molecule has 128 valence electrons. The number of rotatable bonds is 5. The molecule has 1 amide bonds. The van der Waals surface area contributed by atoms with Crippen molar-refractivity contribution in [3.63, 3.8) is 0 Å². The molecule has 0 aliphatic carbocycles. The van der Waals surface area contributed by atoms with Gasteiger partial charge in [0.25, 0.3) is 0 Å². The standard InChI is InChI=1S/C18H17ClN4OS/c1-11-4-3-5-13(8-11)20-18-23-22-17(25-18)10-16(24)21-15-7-6-12(2)9-14(15)19/h3-9H,10H2,1-2H3,(H,20,23)(H,21,24). The van der Waals surface area contributed by atoms with Gasteiger partial charge in [-0.05, 0) is 49.2 Å². The first-order valence-electron chi connectivity index (χ1n) is 7.72. The number of hydrogen-bond acceptors (Lipinski definition) is 5. The Kier molecular flexibility index (Phi) is 5.31. The van der Waals surface area contributed by atoms with Crippen LogP contribution in [0.3, 0.4) is 0 Å². The molecule has 1 heterocycles. The molecule has 7 heteroatoms. The van der Waals surface area contributed by atoms with Crippen molar-refractivity contribution >= 4 is 45.4 Å². The minimum absolute atomic E-state index is 0.150. The lowest BCUT2D eigenvalue weighted by molar-refractivity contribution is -0.115. The summed E-state index contributed by atoms with van der Waals surface area (Å²) in [5.74, 6) is -0.177. The van der Waals surface area contributed by atoms with Gasteiger partial charge in [-0.2, -0.15) is 0 Å². The molecule has 3 aromatic rings. The van der Waals surface area contributed by atoms with Crippen molar-refractivity contribution in [1.29, 1.82) is 0 Å². The number of carbonyl (C=O) groups excluding carboxylic acids is 1. The molecule has 0 fully saturated rings. The Balaban J connectivity index is 1.61. The fraction of sp³-hybridized carbons (Fsp3) is 0.167. The maximum atomic E-state index is 12.2. The van der Waals surface area contributed by atoms with Crippen molar-refractivity contribution in [2.24, 2.45) is 0 Å². The zero-order chi connectivity index (χ0) is 17.8. The van der Waals surface area contributed by atoms with Crippen molar-refractivity contribution in [2.45, 2.75) is 20.3 Å². The van der Waals surface area contributed by atoms with Gasteiger partial charge in [-0.1, -0.05) is 41.1 Å². The predicted molar refractivity (Wildman–Crippen MR) is 103 cm³/mol. The highest BCUT2D eigenvalue weighted by Gasteiger charge is 2.11. The van der Waals surface area contributed by atoms with Gasteiger partial charge in [-0.3, -0.25) is 4.79 Å². The summed E-state index contributed by atoms with van der Waals surface area (Å²) in [6.07, 6.45) is 0.150. The molecule has 0 aliphatic heterocycles. The van der Waals surface area contributed by atoms with E-state index >= 15 is 0 Å². The molecule has 1 aromatic heterocycles. The van der Waals surface area contributed by atoms with Crippen LogP contribution in [0.1, 0.15) is 16.1 Å². The second-order valence-corrected chi connectivity index (χ2v) is 7.17. The summed E-state index contributed by atoms with van der Waals surface area (Å²) in [6, 6.07) is 13.5. The van der Waals surface area contributed by atoms with Crippen LogP contribution in [0.25, 0.3) is 0 Å². The quantitative estimate of drug-likeness (QED) is 0.679. The fourth-order valence-electron chi connectivity index (χ4n) is 2.28. The molecule has 0 radical (unpaired) electrons. The minimum Gasteiger partial charge on any atom is -0.330 e. The summed E-state index contributed by atoms with van der Waals surface area (Å²) in [6.45, 7) is 3.97. The Labute approximate surface area is 155 Å². The van der Waals surface area contributed by atoms with E-state index in [4.69, 9.17) is 11.6 Å². The van der Waals surface area contributed by atoms with Gasteiger partial charge in [0.1, 0.15) is 5.01 Å². The second kappa shape index (κ2) is 7.63. The summed E-state index contributed by atoms with van der Waals surface area (Å²) in [4.78, 5) is 12.2. The third-order valence-corrected chi connectivity index (χ3v) is 4.60. The van der Waals surface area contributed by atoms with Gasteiger partial charge in [0.2, 0.25) is 11.0 Å². The highest BCUT2D eigenvalue weighted by molar-refractivity contribution is 7.15. The number of anilines is 3. The van der Waals surface area contributed by atoms with Crippen molar-refractivity contribution < 1.29 is 4.79 Å². The zero-order valence-electron chi connectivity index (χ0n) is 13.8. The summed E-state index contributed by atoms with van der Waals surface area (Å²) < 4.78 is 0. The number of nitrogens with one attached hydrogen (secondary N) is 2. The summed E-state index contributed by atoms with van der Waals surface area (Å²) in [5, 5.41) is 16.0. The lowest BCUT2D eigenvalue weighted by Crippen LogP contribution is -2.14. The fourth-order valence-corrected chi connectivity index (χ4v) is 3.32. The number of aromatic nitrogens is 2. The number of hydrogen-bond donors (Lipinski definition) is 2. The average molecular weight is 373 g/mol. The monoisotopic (exact) mass is 372 g/mol. The first-order valence-corrected chi connectivity index (χ1v) is 8.91. The summed E-state index contributed by atoms with van der Waals surface area (Å²) in [5.41, 5.74) is 3.74. The lowest BCUT2D eigenvalue weighted by Gasteiger charge is -2.06. The van der Waals surface area contributed by atoms with Gasteiger partial charge in [0.15, 0.2) is 0 Å².